The summed E-state index contributed by atoms with van der Waals surface area (Å²) in [5, 5.41) is 2.04. The van der Waals surface area contributed by atoms with Gasteiger partial charge in [0.15, 0.2) is 0 Å². The average Bonchev–Trinajstić information content (AvgIpc) is 3.21. The predicted molar refractivity (Wildman–Crippen MR) is 87.3 cm³/mol. The molecule has 1 N–H and O–H groups in total. The van der Waals surface area contributed by atoms with Crippen molar-refractivity contribution in [2.24, 2.45) is 7.05 Å². The van der Waals surface area contributed by atoms with Crippen molar-refractivity contribution in [3.63, 3.8) is 0 Å². The molecule has 1 fully saturated rings. The fourth-order valence-corrected chi connectivity index (χ4v) is 4.06. The van der Waals surface area contributed by atoms with Gasteiger partial charge in [0.2, 0.25) is 0 Å². The Morgan fingerprint density at radius 2 is 2.41 bits per heavy atom. The van der Waals surface area contributed by atoms with E-state index < -0.39 is 0 Å². The van der Waals surface area contributed by atoms with Crippen molar-refractivity contribution in [3.8, 4) is 0 Å². The van der Waals surface area contributed by atoms with Gasteiger partial charge in [0.1, 0.15) is 11.5 Å². The summed E-state index contributed by atoms with van der Waals surface area (Å²) >= 11 is 1.66. The van der Waals surface area contributed by atoms with Gasteiger partial charge in [-0.1, -0.05) is 0 Å². The number of aromatic nitrogens is 3. The number of piperidine rings is 1. The molecule has 4 heterocycles. The fraction of sp³-hybridized carbons (Fsp3) is 0.375. The summed E-state index contributed by atoms with van der Waals surface area (Å²) in [6.07, 6.45) is 5.91. The Hall–Kier alpha value is -2.08. The molecule has 0 aromatic carbocycles. The van der Waals surface area contributed by atoms with Gasteiger partial charge < -0.3 is 14.5 Å². The van der Waals surface area contributed by atoms with Crippen LogP contribution in [-0.4, -0.2) is 38.4 Å². The van der Waals surface area contributed by atoms with Crippen LogP contribution >= 0.6 is 11.3 Å². The summed E-state index contributed by atoms with van der Waals surface area (Å²) in [5.41, 5.74) is 1.74. The zero-order valence-corrected chi connectivity index (χ0v) is 13.3. The molecule has 5 nitrogen and oxygen atoms in total. The largest absolute Gasteiger partial charge is 0.350 e. The Morgan fingerprint density at radius 1 is 1.50 bits per heavy atom. The van der Waals surface area contributed by atoms with Crippen molar-refractivity contribution in [1.82, 2.24) is 19.4 Å². The lowest BCUT2D eigenvalue weighted by molar-refractivity contribution is 0.0698. The Kier molecular flexibility index (Phi) is 3.26. The number of likely N-dealkylation sites (tertiary alicyclic amines) is 1. The van der Waals surface area contributed by atoms with E-state index in [2.05, 4.69) is 14.5 Å². The molecule has 6 heteroatoms. The van der Waals surface area contributed by atoms with Gasteiger partial charge in [-0.2, -0.15) is 0 Å². The minimum Gasteiger partial charge on any atom is -0.350 e. The van der Waals surface area contributed by atoms with Gasteiger partial charge in [0, 0.05) is 38.4 Å². The number of nitrogens with zero attached hydrogens (tertiary/aromatic N) is 3. The Labute approximate surface area is 132 Å². The van der Waals surface area contributed by atoms with Crippen LogP contribution in [0.1, 0.15) is 35.1 Å². The van der Waals surface area contributed by atoms with E-state index in [1.807, 2.05) is 41.9 Å². The first-order valence-corrected chi connectivity index (χ1v) is 8.43. The molecule has 1 amide bonds. The summed E-state index contributed by atoms with van der Waals surface area (Å²) in [6, 6.07) is 3.98. The van der Waals surface area contributed by atoms with Gasteiger partial charge in [-0.25, -0.2) is 4.98 Å². The van der Waals surface area contributed by atoms with Crippen molar-refractivity contribution >= 4 is 27.5 Å². The molecular formula is C16H18N4OS. The molecule has 1 saturated heterocycles. The molecule has 22 heavy (non-hydrogen) atoms. The SMILES string of the molecule is Cn1ccnc1C1CCCN(C(=O)c2cc3sccc3[nH]2)C1. The molecule has 0 radical (unpaired) electrons. The van der Waals surface area contributed by atoms with Gasteiger partial charge in [-0.3, -0.25) is 4.79 Å². The van der Waals surface area contributed by atoms with E-state index in [4.69, 9.17) is 0 Å². The zero-order valence-electron chi connectivity index (χ0n) is 12.5. The fourth-order valence-electron chi connectivity index (χ4n) is 3.28. The maximum absolute atomic E-state index is 12.7. The van der Waals surface area contributed by atoms with E-state index in [1.165, 1.54) is 0 Å². The maximum Gasteiger partial charge on any atom is 0.270 e. The number of imidazole rings is 1. The molecule has 0 aliphatic carbocycles. The molecule has 3 aromatic rings. The van der Waals surface area contributed by atoms with Crippen LogP contribution in [0.4, 0.5) is 0 Å². The minimum atomic E-state index is 0.0994. The molecule has 3 aromatic heterocycles. The van der Waals surface area contributed by atoms with Crippen LogP contribution in [0.2, 0.25) is 0 Å². The lowest BCUT2D eigenvalue weighted by Crippen LogP contribution is -2.39. The van der Waals surface area contributed by atoms with Gasteiger partial charge >= 0.3 is 0 Å². The molecule has 0 saturated carbocycles. The zero-order chi connectivity index (χ0) is 15.1. The van der Waals surface area contributed by atoms with Crippen LogP contribution in [0.15, 0.2) is 29.9 Å². The first-order valence-electron chi connectivity index (χ1n) is 7.55. The second-order valence-corrected chi connectivity index (χ2v) is 6.82. The number of amides is 1. The van der Waals surface area contributed by atoms with Gasteiger partial charge in [0.25, 0.3) is 5.91 Å². The van der Waals surface area contributed by atoms with Gasteiger partial charge in [-0.15, -0.1) is 11.3 Å². The molecule has 1 atom stereocenters. The number of aromatic amines is 1. The van der Waals surface area contributed by atoms with E-state index in [-0.39, 0.29) is 5.91 Å². The monoisotopic (exact) mass is 314 g/mol. The van der Waals surface area contributed by atoms with E-state index in [0.29, 0.717) is 11.6 Å². The van der Waals surface area contributed by atoms with Crippen LogP contribution < -0.4 is 0 Å². The molecular weight excluding hydrogens is 296 g/mol. The van der Waals surface area contributed by atoms with Gasteiger partial charge in [-0.05, 0) is 30.4 Å². The van der Waals surface area contributed by atoms with Crippen LogP contribution in [-0.2, 0) is 7.05 Å². The number of hydrogen-bond donors (Lipinski definition) is 1. The van der Waals surface area contributed by atoms with Crippen LogP contribution in [0.5, 0.6) is 0 Å². The minimum absolute atomic E-state index is 0.0994. The van der Waals surface area contributed by atoms with E-state index >= 15 is 0 Å². The number of carbonyl (C=O) groups excluding carboxylic acids is 1. The number of carbonyl (C=O) groups is 1. The maximum atomic E-state index is 12.7. The standard InChI is InChI=1S/C16H18N4OS/c1-19-7-5-17-15(19)11-3-2-6-20(10-11)16(21)13-9-14-12(18-13)4-8-22-14/h4-5,7-9,11,18H,2-3,6,10H2,1H3. The predicted octanol–water partition coefficient (Wildman–Crippen LogP) is 2.98. The Balaban J connectivity index is 1.55. The lowest BCUT2D eigenvalue weighted by atomic mass is 9.97. The van der Waals surface area contributed by atoms with Crippen LogP contribution in [0.25, 0.3) is 10.2 Å². The second-order valence-electron chi connectivity index (χ2n) is 5.87. The molecule has 0 spiro atoms. The number of H-pyrrole nitrogens is 1. The van der Waals surface area contributed by atoms with E-state index in [0.717, 1.165) is 42.0 Å². The number of thiophene rings is 1. The van der Waals surface area contributed by atoms with Gasteiger partial charge in [0.05, 0.1) is 10.2 Å². The van der Waals surface area contributed by atoms with Crippen molar-refractivity contribution < 1.29 is 4.79 Å². The molecule has 1 aliphatic heterocycles. The number of hydrogen-bond acceptors (Lipinski definition) is 3. The third-order valence-corrected chi connectivity index (χ3v) is 5.27. The lowest BCUT2D eigenvalue weighted by Gasteiger charge is -2.32. The molecule has 114 valence electrons. The first kappa shape index (κ1) is 13.6. The highest BCUT2D eigenvalue weighted by atomic mass is 32.1. The Bertz CT molecular complexity index is 786. The molecule has 0 bridgehead atoms. The second kappa shape index (κ2) is 5.28. The molecule has 1 unspecified atom stereocenters. The van der Waals surface area contributed by atoms with Crippen molar-refractivity contribution in [3.05, 3.63) is 41.4 Å². The summed E-state index contributed by atoms with van der Waals surface area (Å²) in [5.74, 6) is 1.50. The molecule has 1 aliphatic rings. The summed E-state index contributed by atoms with van der Waals surface area (Å²) in [4.78, 5) is 22.4. The third kappa shape index (κ3) is 2.23. The van der Waals surface area contributed by atoms with Crippen molar-refractivity contribution in [2.45, 2.75) is 18.8 Å². The highest BCUT2D eigenvalue weighted by Crippen LogP contribution is 2.27. The highest BCUT2D eigenvalue weighted by molar-refractivity contribution is 7.17. The Morgan fingerprint density at radius 3 is 3.18 bits per heavy atom. The van der Waals surface area contributed by atoms with Crippen molar-refractivity contribution in [2.75, 3.05) is 13.1 Å². The normalized spacial score (nSPS) is 19.0. The molecule has 4 rings (SSSR count). The number of nitrogens with one attached hydrogen (secondary N) is 1. The van der Waals surface area contributed by atoms with Crippen LogP contribution in [0, 0.1) is 0 Å². The first-order chi connectivity index (χ1) is 10.7. The van der Waals surface area contributed by atoms with E-state index in [9.17, 15) is 4.79 Å². The number of rotatable bonds is 2. The summed E-state index contributed by atoms with van der Waals surface area (Å²) in [6.45, 7) is 1.57. The quantitative estimate of drug-likeness (QED) is 0.790. The highest BCUT2D eigenvalue weighted by Gasteiger charge is 2.28. The third-order valence-electron chi connectivity index (χ3n) is 4.40. The van der Waals surface area contributed by atoms with Crippen molar-refractivity contribution in [1.29, 1.82) is 0 Å². The average molecular weight is 314 g/mol. The van der Waals surface area contributed by atoms with Crippen LogP contribution in [0.3, 0.4) is 0 Å². The topological polar surface area (TPSA) is 53.9 Å². The number of aryl methyl sites for hydroxylation is 1. The number of fused-ring (bicyclic) bond motifs is 1. The summed E-state index contributed by atoms with van der Waals surface area (Å²) < 4.78 is 3.20. The van der Waals surface area contributed by atoms with E-state index in [1.54, 1.807) is 11.3 Å². The smallest absolute Gasteiger partial charge is 0.270 e. The summed E-state index contributed by atoms with van der Waals surface area (Å²) in [7, 11) is 2.02.